The largest absolute Gasteiger partial charge is 0.430 e. The first-order valence-electron chi connectivity index (χ1n) is 13.3. The van der Waals surface area contributed by atoms with Gasteiger partial charge in [0.1, 0.15) is 0 Å². The molecule has 8 N–H and O–H groups in total. The zero-order valence-corrected chi connectivity index (χ0v) is 25.3. The average Bonchev–Trinajstić information content (AvgIpc) is 2.94. The van der Waals surface area contributed by atoms with Gasteiger partial charge in [0.25, 0.3) is 22.4 Å². The van der Waals surface area contributed by atoms with Crippen molar-refractivity contribution in [2.75, 3.05) is 11.5 Å². The lowest BCUT2D eigenvalue weighted by Crippen LogP contribution is -2.56. The van der Waals surface area contributed by atoms with E-state index in [4.69, 9.17) is 11.5 Å². The molecule has 0 saturated heterocycles. The number of nitrogens with two attached hydrogens (primary N) is 2. The number of benzene rings is 3. The van der Waals surface area contributed by atoms with E-state index in [1.165, 1.54) is 0 Å². The lowest BCUT2D eigenvalue weighted by atomic mass is 9.77. The van der Waals surface area contributed by atoms with Gasteiger partial charge in [0, 0.05) is 39.0 Å². The van der Waals surface area contributed by atoms with E-state index < -0.39 is 151 Å². The highest BCUT2D eigenvalue weighted by Gasteiger charge is 2.77. The maximum Gasteiger partial charge on any atom is 0.430 e. The molecule has 0 aliphatic rings. The third-order valence-corrected chi connectivity index (χ3v) is 8.29. The molecule has 3 aromatic rings. The molecule has 0 aliphatic carbocycles. The molecular weight excluding hydrogens is 860 g/mol. The van der Waals surface area contributed by atoms with Crippen LogP contribution in [0.1, 0.15) is 22.3 Å². The Balaban J connectivity index is 3.09. The minimum atomic E-state index is -7.51. The van der Waals surface area contributed by atoms with Gasteiger partial charge < -0.3 is 31.9 Å². The second kappa shape index (κ2) is 12.2. The summed E-state index contributed by atoms with van der Waals surface area (Å²) < 4.78 is 335. The van der Waals surface area contributed by atoms with Gasteiger partial charge in [-0.05, 0) is 40.4 Å². The van der Waals surface area contributed by atoms with Crippen LogP contribution in [-0.2, 0) is 22.4 Å². The quantitative estimate of drug-likeness (QED) is 0.0887. The fourth-order valence-electron chi connectivity index (χ4n) is 5.49. The molecule has 0 aromatic heterocycles. The summed E-state index contributed by atoms with van der Waals surface area (Å²) in [5.41, 5.74) is -37.3. The van der Waals surface area contributed by atoms with E-state index in [1.807, 2.05) is 0 Å². The topological polar surface area (TPSA) is 133 Å². The van der Waals surface area contributed by atoms with Crippen LogP contribution >= 0.6 is 0 Å². The molecule has 0 unspecified atom stereocenters. The number of alkyl halides is 24. The van der Waals surface area contributed by atoms with Crippen molar-refractivity contribution in [2.24, 2.45) is 0 Å². The number of nitrogen functional groups attached to an aromatic ring is 2. The lowest BCUT2D eigenvalue weighted by Gasteiger charge is -2.39. The van der Waals surface area contributed by atoms with E-state index in [0.29, 0.717) is 0 Å². The number of rotatable bonds is 4. The first kappa shape index (κ1) is 46.3. The van der Waals surface area contributed by atoms with Gasteiger partial charge in [-0.15, -0.1) is 0 Å². The van der Waals surface area contributed by atoms with E-state index in [0.717, 1.165) is 0 Å². The van der Waals surface area contributed by atoms with Crippen LogP contribution in [0.4, 0.5) is 117 Å². The summed E-state index contributed by atoms with van der Waals surface area (Å²) in [6.45, 7) is 0. The smallest absolute Gasteiger partial charge is 0.398 e. The number of hydrogen-bond acceptors (Lipinski definition) is 6. The summed E-state index contributed by atoms with van der Waals surface area (Å²) in [5.74, 6) is 0. The summed E-state index contributed by atoms with van der Waals surface area (Å²) >= 11 is 0. The Hall–Kier alpha value is -4.06. The van der Waals surface area contributed by atoms with Gasteiger partial charge in [-0.1, -0.05) is 0 Å². The monoisotopic (exact) mass is 872 g/mol. The third-order valence-electron chi connectivity index (χ3n) is 8.29. The zero-order valence-electron chi connectivity index (χ0n) is 25.3. The molecule has 0 amide bonds. The summed E-state index contributed by atoms with van der Waals surface area (Å²) in [5, 5.41) is 29.7. The maximum absolute atomic E-state index is 14.1. The van der Waals surface area contributed by atoms with Crippen molar-refractivity contribution in [3.63, 3.8) is 0 Å². The normalized spacial score (nSPS) is 15.6. The summed E-state index contributed by atoms with van der Waals surface area (Å²) in [6, 6.07) is -4.70. The van der Waals surface area contributed by atoms with Gasteiger partial charge in [-0.25, -0.2) is 0 Å². The maximum atomic E-state index is 14.1. The highest BCUT2D eigenvalue weighted by Crippen LogP contribution is 2.61. The van der Waals surface area contributed by atoms with Crippen LogP contribution in [0.2, 0.25) is 0 Å². The van der Waals surface area contributed by atoms with Crippen molar-refractivity contribution in [2.45, 2.75) is 71.8 Å². The van der Waals surface area contributed by atoms with Crippen LogP contribution in [-0.4, -0.2) is 69.8 Å². The van der Waals surface area contributed by atoms with E-state index in [2.05, 4.69) is 0 Å². The van der Waals surface area contributed by atoms with Crippen LogP contribution in [0.25, 0.3) is 21.5 Å². The van der Waals surface area contributed by atoms with Gasteiger partial charge in [0.05, 0.1) is 0 Å². The Kier molecular flexibility index (Phi) is 10.1. The molecule has 6 nitrogen and oxygen atoms in total. The molecule has 0 bridgehead atoms. The molecule has 0 aliphatic heterocycles. The Morgan fingerprint density at radius 3 is 0.893 bits per heavy atom. The number of anilines is 2. The molecule has 30 heteroatoms. The van der Waals surface area contributed by atoms with Crippen LogP contribution in [0.15, 0.2) is 24.3 Å². The number of aliphatic hydroxyl groups is 4. The fraction of sp³-hybridized carbons (Fsp3) is 0.462. The standard InChI is InChI=1S/C26H12F24N2O4/c27-19(28,29)15(53,20(30,31)32)9-4-11(17(55,23(39,40)41)24(42,43)44)13(51)8-3-6-5(1-7(8)9)2-10(16(54,21(33,34)35)22(36,37)38)14(52)12(6)18(56,25(45,46)47)26(48,49)50/h1-4,53-56H,51-52H2. The van der Waals surface area contributed by atoms with E-state index in [9.17, 15) is 126 Å². The van der Waals surface area contributed by atoms with Crippen LogP contribution in [0, 0.1) is 0 Å². The molecule has 0 atom stereocenters. The number of hydrogen-bond donors (Lipinski definition) is 6. The van der Waals surface area contributed by atoms with Crippen molar-refractivity contribution < 1.29 is 126 Å². The molecule has 0 spiro atoms. The van der Waals surface area contributed by atoms with E-state index in [-0.39, 0.29) is 0 Å². The molecule has 0 heterocycles. The molecule has 56 heavy (non-hydrogen) atoms. The van der Waals surface area contributed by atoms with Crippen molar-refractivity contribution in [3.05, 3.63) is 46.5 Å². The molecule has 0 radical (unpaired) electrons. The average molecular weight is 872 g/mol. The second-order valence-corrected chi connectivity index (χ2v) is 11.5. The number of fused-ring (bicyclic) bond motifs is 2. The SMILES string of the molecule is Nc1c(C(O)(C(F)(F)F)C(F)(F)F)cc2cc3c(C(O)(C(F)(F)F)C(F)(F)F)cc(C(O)(C(F)(F)F)C(F)(F)F)c(N)c3cc2c1C(O)(C(F)(F)F)C(F)(F)F. The van der Waals surface area contributed by atoms with Crippen LogP contribution < -0.4 is 11.5 Å². The molecule has 318 valence electrons. The Morgan fingerprint density at radius 2 is 0.589 bits per heavy atom. The predicted octanol–water partition coefficient (Wildman–Crippen LogP) is 8.41. The zero-order chi connectivity index (χ0) is 44.6. The van der Waals surface area contributed by atoms with Gasteiger partial charge in [0.15, 0.2) is 0 Å². The highest BCUT2D eigenvalue weighted by molar-refractivity contribution is 6.08. The summed E-state index contributed by atoms with van der Waals surface area (Å²) in [7, 11) is 0. The van der Waals surface area contributed by atoms with Gasteiger partial charge in [-0.2, -0.15) is 105 Å². The van der Waals surface area contributed by atoms with Crippen molar-refractivity contribution in [1.29, 1.82) is 0 Å². The molecule has 0 fully saturated rings. The Morgan fingerprint density at radius 1 is 0.304 bits per heavy atom. The molecular formula is C26H12F24N2O4. The van der Waals surface area contributed by atoms with Crippen LogP contribution in [0.5, 0.6) is 0 Å². The minimum absolute atomic E-state index is 0.963. The molecule has 0 saturated carbocycles. The summed E-state index contributed by atoms with van der Waals surface area (Å²) in [4.78, 5) is 0. The second-order valence-electron chi connectivity index (χ2n) is 11.5. The van der Waals surface area contributed by atoms with Crippen molar-refractivity contribution >= 4 is 32.9 Å². The molecule has 3 aromatic carbocycles. The van der Waals surface area contributed by atoms with Gasteiger partial charge in [0.2, 0.25) is 0 Å². The van der Waals surface area contributed by atoms with Gasteiger partial charge in [-0.3, -0.25) is 0 Å². The first-order chi connectivity index (χ1) is 24.2. The van der Waals surface area contributed by atoms with E-state index in [1.54, 1.807) is 0 Å². The predicted molar refractivity (Wildman–Crippen MR) is 134 cm³/mol. The first-order valence-corrected chi connectivity index (χ1v) is 13.3. The minimum Gasteiger partial charge on any atom is -0.398 e. The number of halogens is 24. The van der Waals surface area contributed by atoms with Crippen molar-refractivity contribution in [3.8, 4) is 0 Å². The fourth-order valence-corrected chi connectivity index (χ4v) is 5.49. The molecule has 3 rings (SSSR count). The van der Waals surface area contributed by atoms with Crippen molar-refractivity contribution in [1.82, 2.24) is 0 Å². The van der Waals surface area contributed by atoms with Crippen LogP contribution in [0.3, 0.4) is 0 Å². The Labute approximate surface area is 289 Å². The summed E-state index contributed by atoms with van der Waals surface area (Å²) in [6.07, 6.45) is -59.4. The van der Waals surface area contributed by atoms with Gasteiger partial charge >= 0.3 is 49.4 Å². The lowest BCUT2D eigenvalue weighted by molar-refractivity contribution is -0.378. The third kappa shape index (κ3) is 6.11. The Bertz CT molecular complexity index is 1940. The van der Waals surface area contributed by atoms with E-state index >= 15 is 0 Å². The highest BCUT2D eigenvalue weighted by atomic mass is 19.4.